The lowest BCUT2D eigenvalue weighted by atomic mass is 9.97. The Morgan fingerprint density at radius 2 is 1.90 bits per heavy atom. The topological polar surface area (TPSA) is 70.6 Å². The summed E-state index contributed by atoms with van der Waals surface area (Å²) < 4.78 is 24.7. The predicted molar refractivity (Wildman–Crippen MR) is 78.3 cm³/mol. The number of amides is 1. The zero-order chi connectivity index (χ0) is 15.0. The Labute approximate surface area is 124 Å². The second kappa shape index (κ2) is 5.38. The van der Waals surface area contributed by atoms with Crippen molar-refractivity contribution in [3.05, 3.63) is 29.1 Å². The van der Waals surface area contributed by atoms with Crippen molar-refractivity contribution in [2.45, 2.75) is 25.8 Å². The summed E-state index contributed by atoms with van der Waals surface area (Å²) in [6.07, 6.45) is 7.18. The molecule has 6 nitrogen and oxygen atoms in total. The van der Waals surface area contributed by atoms with Crippen LogP contribution in [0.1, 0.15) is 34.3 Å². The molecule has 0 saturated carbocycles. The van der Waals surface area contributed by atoms with E-state index in [2.05, 4.69) is 4.98 Å². The molecule has 0 aromatic carbocycles. The van der Waals surface area contributed by atoms with Crippen molar-refractivity contribution >= 4 is 15.9 Å². The average Bonchev–Trinajstić information content (AvgIpc) is 2.98. The Balaban J connectivity index is 1.91. The van der Waals surface area contributed by atoms with E-state index in [1.54, 1.807) is 12.4 Å². The highest BCUT2D eigenvalue weighted by Gasteiger charge is 2.28. The molecule has 7 heteroatoms. The van der Waals surface area contributed by atoms with E-state index in [-0.39, 0.29) is 5.91 Å². The standard InChI is InChI=1S/C14H19N3O3S/c1-21(19,20)17-7-4-12-11(10-17)8-15-9-13(12)14(18)16-5-2-3-6-16/h8-9H,2-7,10H2,1H3. The number of aromatic nitrogens is 1. The van der Waals surface area contributed by atoms with Crippen molar-refractivity contribution in [1.82, 2.24) is 14.2 Å². The van der Waals surface area contributed by atoms with E-state index in [9.17, 15) is 13.2 Å². The molecule has 1 fully saturated rings. The molecule has 1 aromatic rings. The second-order valence-electron chi connectivity index (χ2n) is 5.67. The lowest BCUT2D eigenvalue weighted by Gasteiger charge is -2.28. The van der Waals surface area contributed by atoms with Crippen LogP contribution < -0.4 is 0 Å². The molecule has 0 spiro atoms. The molecule has 114 valence electrons. The SMILES string of the molecule is CS(=O)(=O)N1CCc2c(cncc2C(=O)N2CCCC2)C1. The van der Waals surface area contributed by atoms with Gasteiger partial charge in [-0.05, 0) is 30.4 Å². The van der Waals surface area contributed by atoms with Crippen molar-refractivity contribution in [1.29, 1.82) is 0 Å². The summed E-state index contributed by atoms with van der Waals surface area (Å²) >= 11 is 0. The van der Waals surface area contributed by atoms with Gasteiger partial charge in [0.15, 0.2) is 0 Å². The average molecular weight is 309 g/mol. The smallest absolute Gasteiger partial charge is 0.255 e. The van der Waals surface area contributed by atoms with Crippen molar-refractivity contribution in [3.8, 4) is 0 Å². The first-order valence-corrected chi connectivity index (χ1v) is 9.02. The number of carbonyl (C=O) groups excluding carboxylic acids is 1. The van der Waals surface area contributed by atoms with Crippen LogP contribution in [-0.2, 0) is 23.0 Å². The van der Waals surface area contributed by atoms with Gasteiger partial charge in [-0.15, -0.1) is 0 Å². The first kappa shape index (κ1) is 14.5. The summed E-state index contributed by atoms with van der Waals surface area (Å²) in [5, 5.41) is 0. The Morgan fingerprint density at radius 3 is 2.57 bits per heavy atom. The van der Waals surface area contributed by atoms with Gasteiger partial charge in [-0.1, -0.05) is 0 Å². The number of likely N-dealkylation sites (tertiary alicyclic amines) is 1. The fourth-order valence-electron chi connectivity index (χ4n) is 3.03. The summed E-state index contributed by atoms with van der Waals surface area (Å²) in [5.74, 6) is 0.0321. The van der Waals surface area contributed by atoms with E-state index in [0.717, 1.165) is 37.1 Å². The van der Waals surface area contributed by atoms with Gasteiger partial charge in [0, 0.05) is 38.6 Å². The lowest BCUT2D eigenvalue weighted by Crippen LogP contribution is -2.37. The maximum Gasteiger partial charge on any atom is 0.255 e. The van der Waals surface area contributed by atoms with E-state index in [0.29, 0.717) is 25.1 Å². The second-order valence-corrected chi connectivity index (χ2v) is 7.65. The van der Waals surface area contributed by atoms with Crippen LogP contribution in [0.2, 0.25) is 0 Å². The van der Waals surface area contributed by atoms with Gasteiger partial charge in [-0.2, -0.15) is 4.31 Å². The summed E-state index contributed by atoms with van der Waals surface area (Å²) in [6, 6.07) is 0. The molecule has 21 heavy (non-hydrogen) atoms. The number of pyridine rings is 1. The van der Waals surface area contributed by atoms with Crippen LogP contribution in [0.5, 0.6) is 0 Å². The van der Waals surface area contributed by atoms with E-state index < -0.39 is 10.0 Å². The number of fused-ring (bicyclic) bond motifs is 1. The molecule has 0 bridgehead atoms. The Kier molecular flexibility index (Phi) is 3.71. The minimum atomic E-state index is -3.21. The monoisotopic (exact) mass is 309 g/mol. The molecule has 1 saturated heterocycles. The van der Waals surface area contributed by atoms with Gasteiger partial charge in [-0.25, -0.2) is 8.42 Å². The van der Waals surface area contributed by atoms with Crippen LogP contribution in [0.25, 0.3) is 0 Å². The molecule has 1 aromatic heterocycles. The van der Waals surface area contributed by atoms with Gasteiger partial charge >= 0.3 is 0 Å². The molecule has 0 unspecified atom stereocenters. The van der Waals surface area contributed by atoms with Crippen LogP contribution in [0.4, 0.5) is 0 Å². The van der Waals surface area contributed by atoms with E-state index >= 15 is 0 Å². The molecule has 3 rings (SSSR count). The number of sulfonamides is 1. The Morgan fingerprint density at radius 1 is 1.19 bits per heavy atom. The van der Waals surface area contributed by atoms with Crippen molar-refractivity contribution < 1.29 is 13.2 Å². The molecule has 0 N–H and O–H groups in total. The van der Waals surface area contributed by atoms with Crippen LogP contribution >= 0.6 is 0 Å². The minimum Gasteiger partial charge on any atom is -0.339 e. The molecule has 1 amide bonds. The Bertz CT molecular complexity index is 666. The third kappa shape index (κ3) is 2.80. The number of nitrogens with zero attached hydrogens (tertiary/aromatic N) is 3. The normalized spacial score (nSPS) is 19.6. The van der Waals surface area contributed by atoms with E-state index in [1.165, 1.54) is 10.6 Å². The van der Waals surface area contributed by atoms with E-state index in [1.807, 2.05) is 4.90 Å². The lowest BCUT2D eigenvalue weighted by molar-refractivity contribution is 0.0790. The molecular formula is C14H19N3O3S. The molecule has 2 aliphatic rings. The quantitative estimate of drug-likeness (QED) is 0.803. The highest BCUT2D eigenvalue weighted by Crippen LogP contribution is 2.25. The highest BCUT2D eigenvalue weighted by molar-refractivity contribution is 7.88. The third-order valence-electron chi connectivity index (χ3n) is 4.20. The van der Waals surface area contributed by atoms with Gasteiger partial charge in [-0.3, -0.25) is 9.78 Å². The number of hydrogen-bond donors (Lipinski definition) is 0. The van der Waals surface area contributed by atoms with Crippen LogP contribution in [0.15, 0.2) is 12.4 Å². The molecule has 0 atom stereocenters. The first-order valence-electron chi connectivity index (χ1n) is 7.17. The van der Waals surface area contributed by atoms with Crippen LogP contribution in [-0.4, -0.2) is 54.4 Å². The van der Waals surface area contributed by atoms with Crippen molar-refractivity contribution in [2.24, 2.45) is 0 Å². The molecule has 0 radical (unpaired) electrons. The van der Waals surface area contributed by atoms with Gasteiger partial charge < -0.3 is 4.90 Å². The van der Waals surface area contributed by atoms with Gasteiger partial charge in [0.25, 0.3) is 5.91 Å². The zero-order valence-electron chi connectivity index (χ0n) is 12.1. The van der Waals surface area contributed by atoms with Crippen molar-refractivity contribution in [3.63, 3.8) is 0 Å². The van der Waals surface area contributed by atoms with Gasteiger partial charge in [0.05, 0.1) is 11.8 Å². The zero-order valence-corrected chi connectivity index (χ0v) is 12.9. The Hall–Kier alpha value is -1.47. The molecular weight excluding hydrogens is 290 g/mol. The predicted octanol–water partition coefficient (Wildman–Crippen LogP) is 0.635. The molecule has 3 heterocycles. The number of carbonyl (C=O) groups is 1. The maximum absolute atomic E-state index is 12.6. The maximum atomic E-state index is 12.6. The summed E-state index contributed by atoms with van der Waals surface area (Å²) in [5.41, 5.74) is 2.45. The van der Waals surface area contributed by atoms with Crippen molar-refractivity contribution in [2.75, 3.05) is 25.9 Å². The highest BCUT2D eigenvalue weighted by atomic mass is 32.2. The first-order chi connectivity index (χ1) is 9.97. The molecule has 0 aliphatic carbocycles. The van der Waals surface area contributed by atoms with Crippen LogP contribution in [0, 0.1) is 0 Å². The van der Waals surface area contributed by atoms with E-state index in [4.69, 9.17) is 0 Å². The summed E-state index contributed by atoms with van der Waals surface area (Å²) in [4.78, 5) is 18.6. The van der Waals surface area contributed by atoms with Gasteiger partial charge in [0.1, 0.15) is 0 Å². The third-order valence-corrected chi connectivity index (χ3v) is 5.45. The fraction of sp³-hybridized carbons (Fsp3) is 0.571. The summed E-state index contributed by atoms with van der Waals surface area (Å²) in [6.45, 7) is 2.34. The fourth-order valence-corrected chi connectivity index (χ4v) is 3.82. The van der Waals surface area contributed by atoms with Gasteiger partial charge in [0.2, 0.25) is 10.0 Å². The molecule has 2 aliphatic heterocycles. The minimum absolute atomic E-state index is 0.0321. The number of rotatable bonds is 2. The summed E-state index contributed by atoms with van der Waals surface area (Å²) in [7, 11) is -3.21. The van der Waals surface area contributed by atoms with Crippen LogP contribution in [0.3, 0.4) is 0 Å². The number of hydrogen-bond acceptors (Lipinski definition) is 4. The largest absolute Gasteiger partial charge is 0.339 e.